The summed E-state index contributed by atoms with van der Waals surface area (Å²) in [7, 11) is 0. The number of likely N-dealkylation sites (tertiary alicyclic amines) is 2. The van der Waals surface area contributed by atoms with Crippen LogP contribution in [0.3, 0.4) is 0 Å². The Balaban J connectivity index is 1.20. The van der Waals surface area contributed by atoms with Crippen molar-refractivity contribution < 1.29 is 9.53 Å². The molecule has 0 aliphatic carbocycles. The number of imidazole rings is 1. The van der Waals surface area contributed by atoms with Gasteiger partial charge in [0.2, 0.25) is 0 Å². The summed E-state index contributed by atoms with van der Waals surface area (Å²) in [6.07, 6.45) is 5.39. The van der Waals surface area contributed by atoms with Crippen LogP contribution in [0.15, 0.2) is 77.4 Å². The first-order valence-electron chi connectivity index (χ1n) is 14.5. The lowest BCUT2D eigenvalue weighted by Gasteiger charge is -2.39. The molecule has 2 aliphatic rings. The number of nitrogen functional groups attached to an aromatic ring is 1. The first-order valence-corrected chi connectivity index (χ1v) is 14.5. The molecule has 2 fully saturated rings. The van der Waals surface area contributed by atoms with Crippen LogP contribution in [0.2, 0.25) is 0 Å². The number of nitrogens with zero attached hydrogens (tertiary/aromatic N) is 7. The zero-order valence-electron chi connectivity index (χ0n) is 24.3. The molecule has 2 aliphatic heterocycles. The van der Waals surface area contributed by atoms with Crippen LogP contribution < -0.4 is 16.2 Å². The van der Waals surface area contributed by atoms with Crippen LogP contribution in [0.1, 0.15) is 26.7 Å². The molecule has 0 spiro atoms. The van der Waals surface area contributed by atoms with E-state index in [2.05, 4.69) is 20.9 Å². The quantitative estimate of drug-likeness (QED) is 0.247. The Bertz CT molecular complexity index is 1770. The molecule has 0 atom stereocenters. The van der Waals surface area contributed by atoms with E-state index in [1.54, 1.807) is 39.8 Å². The minimum atomic E-state index is -0.373. The Morgan fingerprint density at radius 3 is 2.42 bits per heavy atom. The van der Waals surface area contributed by atoms with Crippen molar-refractivity contribution in [2.45, 2.75) is 38.8 Å². The van der Waals surface area contributed by atoms with Crippen molar-refractivity contribution in [2.24, 2.45) is 5.92 Å². The van der Waals surface area contributed by atoms with E-state index in [9.17, 15) is 14.9 Å². The van der Waals surface area contributed by atoms with Crippen LogP contribution in [0.4, 0.5) is 5.82 Å². The number of para-hydroxylation sites is 1. The molecule has 4 heterocycles. The lowest BCUT2D eigenvalue weighted by atomic mass is 9.95. The number of amides is 1. The maximum absolute atomic E-state index is 13.8. The predicted octanol–water partition coefficient (Wildman–Crippen LogP) is 3.74. The molecule has 0 unspecified atom stereocenters. The number of anilines is 1. The lowest BCUT2D eigenvalue weighted by Crippen LogP contribution is -2.52. The van der Waals surface area contributed by atoms with Gasteiger partial charge in [-0.2, -0.15) is 5.26 Å². The van der Waals surface area contributed by atoms with Gasteiger partial charge in [-0.3, -0.25) is 18.8 Å². The van der Waals surface area contributed by atoms with E-state index in [1.807, 2.05) is 44.2 Å². The SMILES string of the molecule is CC(C)(C=C(C#N)C(=O)N1CC(Cn2c(=O)n(-c3ccc(Oc4ccccc4)cc3)c3c(N)ncnc32)C1)N1CCCC1. The molecule has 11 nitrogen and oxygen atoms in total. The summed E-state index contributed by atoms with van der Waals surface area (Å²) in [6.45, 7) is 7.24. The zero-order chi connectivity index (χ0) is 30.1. The van der Waals surface area contributed by atoms with Gasteiger partial charge in [-0.15, -0.1) is 0 Å². The van der Waals surface area contributed by atoms with Crippen molar-refractivity contribution >= 4 is 22.9 Å². The molecule has 4 aromatic rings. The third kappa shape index (κ3) is 5.49. The van der Waals surface area contributed by atoms with Crippen molar-refractivity contribution in [3.63, 3.8) is 0 Å². The van der Waals surface area contributed by atoms with Crippen LogP contribution in [-0.4, -0.2) is 66.5 Å². The van der Waals surface area contributed by atoms with E-state index in [4.69, 9.17) is 10.5 Å². The fourth-order valence-corrected chi connectivity index (χ4v) is 5.95. The molecule has 6 rings (SSSR count). The number of nitrogens with two attached hydrogens (primary N) is 1. The van der Waals surface area contributed by atoms with Gasteiger partial charge in [0.25, 0.3) is 5.91 Å². The van der Waals surface area contributed by atoms with Gasteiger partial charge in [-0.25, -0.2) is 14.8 Å². The molecule has 43 heavy (non-hydrogen) atoms. The number of carbonyl (C=O) groups is 1. The highest BCUT2D eigenvalue weighted by molar-refractivity contribution is 5.98. The summed E-state index contributed by atoms with van der Waals surface area (Å²) in [6, 6.07) is 18.7. The smallest absolute Gasteiger partial charge is 0.335 e. The van der Waals surface area contributed by atoms with Gasteiger partial charge in [-0.1, -0.05) is 18.2 Å². The Labute approximate surface area is 249 Å². The van der Waals surface area contributed by atoms with Gasteiger partial charge in [0.1, 0.15) is 35.0 Å². The topological polar surface area (TPSA) is 135 Å². The third-order valence-corrected chi connectivity index (χ3v) is 8.26. The minimum Gasteiger partial charge on any atom is -0.457 e. The standard InChI is InChI=1S/C32H34N8O3/c1-32(2,38-14-6-7-15-38)16-23(17-33)30(41)37-18-22(19-37)20-39-29-27(28(34)35-21-36-29)40(31(39)42)24-10-12-26(13-11-24)43-25-8-4-3-5-9-25/h3-5,8-13,16,21-22H,6-7,14-15,18-20H2,1-2H3,(H2,34,35,36). The molecule has 2 saturated heterocycles. The van der Waals surface area contributed by atoms with Crippen molar-refractivity contribution in [1.29, 1.82) is 5.26 Å². The van der Waals surface area contributed by atoms with Crippen molar-refractivity contribution in [3.05, 3.63) is 83.1 Å². The Morgan fingerprint density at radius 2 is 1.74 bits per heavy atom. The van der Waals surface area contributed by atoms with Crippen molar-refractivity contribution in [3.8, 4) is 23.3 Å². The van der Waals surface area contributed by atoms with E-state index in [0.29, 0.717) is 48.0 Å². The maximum Gasteiger partial charge on any atom is 0.335 e. The summed E-state index contributed by atoms with van der Waals surface area (Å²) >= 11 is 0. The number of ether oxygens (including phenoxy) is 1. The molecule has 2 aromatic carbocycles. The van der Waals surface area contributed by atoms with E-state index in [0.717, 1.165) is 25.9 Å². The van der Waals surface area contributed by atoms with E-state index >= 15 is 0 Å². The van der Waals surface area contributed by atoms with Crippen LogP contribution in [-0.2, 0) is 11.3 Å². The Hall–Kier alpha value is -4.95. The molecule has 11 heteroatoms. The molecular formula is C32H34N8O3. The summed E-state index contributed by atoms with van der Waals surface area (Å²) < 4.78 is 9.00. The Morgan fingerprint density at radius 1 is 1.07 bits per heavy atom. The summed E-state index contributed by atoms with van der Waals surface area (Å²) in [4.78, 5) is 39.5. The summed E-state index contributed by atoms with van der Waals surface area (Å²) in [5.74, 6) is 1.28. The van der Waals surface area contributed by atoms with Crippen LogP contribution >= 0.6 is 0 Å². The fraction of sp³-hybridized carbons (Fsp3) is 0.344. The second kappa shape index (κ2) is 11.4. The second-order valence-corrected chi connectivity index (χ2v) is 11.7. The highest BCUT2D eigenvalue weighted by Crippen LogP contribution is 2.28. The van der Waals surface area contributed by atoms with Gasteiger partial charge >= 0.3 is 5.69 Å². The fourth-order valence-electron chi connectivity index (χ4n) is 5.95. The number of fused-ring (bicyclic) bond motifs is 1. The zero-order valence-corrected chi connectivity index (χ0v) is 24.3. The normalized spacial score (nSPS) is 16.3. The highest BCUT2D eigenvalue weighted by atomic mass is 16.5. The molecule has 0 bridgehead atoms. The summed E-state index contributed by atoms with van der Waals surface area (Å²) in [5.41, 5.74) is 7.19. The number of aromatic nitrogens is 4. The monoisotopic (exact) mass is 578 g/mol. The van der Waals surface area contributed by atoms with E-state index < -0.39 is 0 Å². The average molecular weight is 579 g/mol. The van der Waals surface area contributed by atoms with Gasteiger partial charge in [-0.05, 0) is 82.3 Å². The average Bonchev–Trinajstić information content (AvgIpc) is 3.63. The third-order valence-electron chi connectivity index (χ3n) is 8.26. The molecule has 0 radical (unpaired) electrons. The number of rotatable bonds is 8. The highest BCUT2D eigenvalue weighted by Gasteiger charge is 2.36. The van der Waals surface area contributed by atoms with Gasteiger partial charge in [0.05, 0.1) is 5.69 Å². The Kier molecular flexibility index (Phi) is 7.46. The van der Waals surface area contributed by atoms with Crippen molar-refractivity contribution in [1.82, 2.24) is 28.9 Å². The number of hydrogen-bond donors (Lipinski definition) is 1. The summed E-state index contributed by atoms with van der Waals surface area (Å²) in [5, 5.41) is 9.79. The largest absolute Gasteiger partial charge is 0.457 e. The van der Waals surface area contributed by atoms with Crippen LogP contribution in [0.5, 0.6) is 11.5 Å². The maximum atomic E-state index is 13.8. The van der Waals surface area contributed by atoms with Crippen LogP contribution in [0.25, 0.3) is 16.9 Å². The number of carbonyl (C=O) groups excluding carboxylic acids is 1. The molecular weight excluding hydrogens is 544 g/mol. The van der Waals surface area contributed by atoms with Gasteiger partial charge in [0, 0.05) is 31.1 Å². The predicted molar refractivity (Wildman–Crippen MR) is 163 cm³/mol. The molecule has 2 N–H and O–H groups in total. The second-order valence-electron chi connectivity index (χ2n) is 11.7. The minimum absolute atomic E-state index is 0.0186. The first-order chi connectivity index (χ1) is 20.7. The molecule has 1 amide bonds. The molecule has 2 aromatic heterocycles. The lowest BCUT2D eigenvalue weighted by molar-refractivity contribution is -0.133. The number of benzene rings is 2. The van der Waals surface area contributed by atoms with Crippen molar-refractivity contribution in [2.75, 3.05) is 31.9 Å². The van der Waals surface area contributed by atoms with E-state index in [-0.39, 0.29) is 34.4 Å². The molecule has 0 saturated carbocycles. The van der Waals surface area contributed by atoms with Gasteiger partial charge < -0.3 is 15.4 Å². The number of nitriles is 1. The van der Waals surface area contributed by atoms with E-state index in [1.165, 1.54) is 10.9 Å². The van der Waals surface area contributed by atoms with Crippen LogP contribution in [0, 0.1) is 17.2 Å². The van der Waals surface area contributed by atoms with Gasteiger partial charge in [0.15, 0.2) is 11.5 Å². The first kappa shape index (κ1) is 28.2. The molecule has 220 valence electrons. The number of hydrogen-bond acceptors (Lipinski definition) is 8.